The molecule has 1 amide bonds. The first-order valence-electron chi connectivity index (χ1n) is 7.18. The van der Waals surface area contributed by atoms with Gasteiger partial charge in [-0.3, -0.25) is 4.79 Å². The fraction of sp³-hybridized carbons (Fsp3) is 0.0588. The number of fused-ring (bicyclic) bond motifs is 1. The zero-order valence-corrected chi connectivity index (χ0v) is 13.6. The molecule has 9 heteroatoms. The molecule has 0 saturated carbocycles. The predicted molar refractivity (Wildman–Crippen MR) is 89.5 cm³/mol. The van der Waals surface area contributed by atoms with Crippen LogP contribution in [0, 0.1) is 0 Å². The van der Waals surface area contributed by atoms with E-state index in [9.17, 15) is 23.1 Å². The molecule has 0 saturated heterocycles. The number of hydrogen-bond acceptors (Lipinski definition) is 4. The second kappa shape index (κ2) is 6.72. The van der Waals surface area contributed by atoms with Crippen LogP contribution in [0.4, 0.5) is 18.9 Å². The van der Waals surface area contributed by atoms with Crippen molar-refractivity contribution in [2.45, 2.75) is 6.36 Å². The average molecular weight is 383 g/mol. The standard InChI is InChI=1S/C17H10ClF3N2O3/c18-11-3-1-2-9-4-6-12(22-15(9)11)16(25)23-13-8-10(5-7-14(13)24)26-17(19,20)21/h1-8,24H,(H,23,25). The molecular formula is C17H10ClF3N2O3. The van der Waals surface area contributed by atoms with E-state index in [-0.39, 0.29) is 11.4 Å². The highest BCUT2D eigenvalue weighted by Crippen LogP contribution is 2.31. The summed E-state index contributed by atoms with van der Waals surface area (Å²) in [6.07, 6.45) is -4.89. The molecule has 0 spiro atoms. The Balaban J connectivity index is 1.88. The van der Waals surface area contributed by atoms with Crippen LogP contribution in [0.1, 0.15) is 10.5 Å². The van der Waals surface area contributed by atoms with E-state index in [1.807, 2.05) is 0 Å². The quantitative estimate of drug-likeness (QED) is 0.641. The Morgan fingerprint density at radius 3 is 2.65 bits per heavy atom. The van der Waals surface area contributed by atoms with Crippen molar-refractivity contribution in [1.82, 2.24) is 4.98 Å². The van der Waals surface area contributed by atoms with E-state index >= 15 is 0 Å². The van der Waals surface area contributed by atoms with Crippen molar-refractivity contribution >= 4 is 34.1 Å². The Labute approximate surface area is 150 Å². The highest BCUT2D eigenvalue weighted by Gasteiger charge is 2.31. The summed E-state index contributed by atoms with van der Waals surface area (Å²) < 4.78 is 40.6. The van der Waals surface area contributed by atoms with Gasteiger partial charge in [0.15, 0.2) is 0 Å². The van der Waals surface area contributed by atoms with E-state index in [0.29, 0.717) is 10.5 Å². The lowest BCUT2D eigenvalue weighted by molar-refractivity contribution is -0.274. The minimum absolute atomic E-state index is 0.0212. The highest BCUT2D eigenvalue weighted by atomic mass is 35.5. The maximum Gasteiger partial charge on any atom is 0.573 e. The number of carbonyl (C=O) groups excluding carboxylic acids is 1. The number of alkyl halides is 3. The van der Waals surface area contributed by atoms with Gasteiger partial charge in [-0.05, 0) is 24.3 Å². The van der Waals surface area contributed by atoms with Gasteiger partial charge in [-0.15, -0.1) is 13.2 Å². The Bertz CT molecular complexity index is 993. The van der Waals surface area contributed by atoms with E-state index in [1.165, 1.54) is 6.07 Å². The number of carbonyl (C=O) groups is 1. The molecule has 2 N–H and O–H groups in total. The van der Waals surface area contributed by atoms with E-state index in [1.54, 1.807) is 24.3 Å². The number of hydrogen-bond donors (Lipinski definition) is 2. The van der Waals surface area contributed by atoms with Gasteiger partial charge in [-0.2, -0.15) is 0 Å². The number of aromatic nitrogens is 1. The second-order valence-electron chi connectivity index (χ2n) is 5.19. The largest absolute Gasteiger partial charge is 0.573 e. The number of phenolic OH excluding ortho intramolecular Hbond substituents is 1. The van der Waals surface area contributed by atoms with Crippen LogP contribution in [0.2, 0.25) is 5.02 Å². The summed E-state index contributed by atoms with van der Waals surface area (Å²) in [6, 6.07) is 10.9. The van der Waals surface area contributed by atoms with Gasteiger partial charge in [0.2, 0.25) is 0 Å². The number of halogens is 4. The number of amides is 1. The van der Waals surface area contributed by atoms with Crippen molar-refractivity contribution in [2.75, 3.05) is 5.32 Å². The number of phenols is 1. The van der Waals surface area contributed by atoms with Crippen LogP contribution in [-0.2, 0) is 0 Å². The summed E-state index contributed by atoms with van der Waals surface area (Å²) in [5, 5.41) is 13.1. The zero-order valence-electron chi connectivity index (χ0n) is 12.8. The topological polar surface area (TPSA) is 71.5 Å². The molecule has 26 heavy (non-hydrogen) atoms. The summed E-state index contributed by atoms with van der Waals surface area (Å²) in [5.41, 5.74) is 0.130. The molecule has 0 aliphatic heterocycles. The lowest BCUT2D eigenvalue weighted by Crippen LogP contribution is -2.18. The molecule has 1 aromatic heterocycles. The molecule has 0 radical (unpaired) electrons. The summed E-state index contributed by atoms with van der Waals surface area (Å²) in [5.74, 6) is -1.74. The third-order valence-corrected chi connectivity index (χ3v) is 3.66. The molecule has 1 heterocycles. The maximum atomic E-state index is 12.3. The summed E-state index contributed by atoms with van der Waals surface area (Å²) in [4.78, 5) is 16.5. The van der Waals surface area contributed by atoms with Crippen LogP contribution in [0.5, 0.6) is 11.5 Å². The SMILES string of the molecule is O=C(Nc1cc(OC(F)(F)F)ccc1O)c1ccc2cccc(Cl)c2n1. The number of para-hydroxylation sites is 1. The molecule has 3 aromatic rings. The highest BCUT2D eigenvalue weighted by molar-refractivity contribution is 6.35. The number of benzene rings is 2. The number of nitrogens with zero attached hydrogens (tertiary/aromatic N) is 1. The lowest BCUT2D eigenvalue weighted by Gasteiger charge is -2.12. The Hall–Kier alpha value is -3.00. The molecular weight excluding hydrogens is 373 g/mol. The number of aromatic hydroxyl groups is 1. The van der Waals surface area contributed by atoms with Gasteiger partial charge in [-0.1, -0.05) is 29.8 Å². The van der Waals surface area contributed by atoms with E-state index in [2.05, 4.69) is 15.0 Å². The molecule has 0 bridgehead atoms. The van der Waals surface area contributed by atoms with E-state index in [4.69, 9.17) is 11.6 Å². The number of ether oxygens (including phenoxy) is 1. The summed E-state index contributed by atoms with van der Waals surface area (Å²) in [6.45, 7) is 0. The normalized spacial score (nSPS) is 11.4. The van der Waals surface area contributed by atoms with E-state index in [0.717, 1.165) is 23.6 Å². The van der Waals surface area contributed by atoms with Crippen LogP contribution < -0.4 is 10.1 Å². The van der Waals surface area contributed by atoms with Gasteiger partial charge in [0.25, 0.3) is 5.91 Å². The molecule has 0 aliphatic rings. The number of pyridine rings is 1. The van der Waals surface area contributed by atoms with Crippen LogP contribution in [0.3, 0.4) is 0 Å². The van der Waals surface area contributed by atoms with Gasteiger partial charge in [0.1, 0.15) is 17.2 Å². The van der Waals surface area contributed by atoms with Gasteiger partial charge in [0.05, 0.1) is 16.2 Å². The lowest BCUT2D eigenvalue weighted by atomic mass is 10.2. The van der Waals surface area contributed by atoms with Gasteiger partial charge < -0.3 is 15.2 Å². The van der Waals surface area contributed by atoms with Crippen LogP contribution >= 0.6 is 11.6 Å². The molecule has 0 atom stereocenters. The van der Waals surface area contributed by atoms with Crippen molar-refractivity contribution in [3.05, 3.63) is 59.2 Å². The Morgan fingerprint density at radius 1 is 1.15 bits per heavy atom. The molecule has 0 unspecified atom stereocenters. The van der Waals surface area contributed by atoms with Crippen molar-refractivity contribution in [3.8, 4) is 11.5 Å². The molecule has 134 valence electrons. The monoisotopic (exact) mass is 382 g/mol. The van der Waals surface area contributed by atoms with Crippen LogP contribution in [0.25, 0.3) is 10.9 Å². The van der Waals surface area contributed by atoms with Crippen molar-refractivity contribution in [1.29, 1.82) is 0 Å². The minimum Gasteiger partial charge on any atom is -0.506 e. The summed E-state index contributed by atoms with van der Waals surface area (Å²) >= 11 is 6.04. The third-order valence-electron chi connectivity index (χ3n) is 3.35. The minimum atomic E-state index is -4.89. The molecule has 5 nitrogen and oxygen atoms in total. The van der Waals surface area contributed by atoms with Crippen LogP contribution in [-0.4, -0.2) is 22.4 Å². The van der Waals surface area contributed by atoms with Crippen molar-refractivity contribution in [3.63, 3.8) is 0 Å². The first-order chi connectivity index (χ1) is 12.2. The van der Waals surface area contributed by atoms with E-state index < -0.39 is 23.8 Å². The van der Waals surface area contributed by atoms with Crippen LogP contribution in [0.15, 0.2) is 48.5 Å². The molecule has 2 aromatic carbocycles. The zero-order chi connectivity index (χ0) is 18.9. The fourth-order valence-electron chi connectivity index (χ4n) is 2.24. The van der Waals surface area contributed by atoms with Crippen molar-refractivity contribution < 1.29 is 27.8 Å². The third kappa shape index (κ3) is 3.97. The van der Waals surface area contributed by atoms with Crippen molar-refractivity contribution in [2.24, 2.45) is 0 Å². The first kappa shape index (κ1) is 17.8. The predicted octanol–water partition coefficient (Wildman–Crippen LogP) is 4.74. The first-order valence-corrected chi connectivity index (χ1v) is 7.56. The molecule has 0 fully saturated rings. The molecule has 0 aliphatic carbocycles. The average Bonchev–Trinajstić information content (AvgIpc) is 2.56. The smallest absolute Gasteiger partial charge is 0.506 e. The fourth-order valence-corrected chi connectivity index (χ4v) is 2.46. The maximum absolute atomic E-state index is 12.3. The van der Waals surface area contributed by atoms with Gasteiger partial charge in [0, 0.05) is 11.5 Å². The van der Waals surface area contributed by atoms with Gasteiger partial charge in [-0.25, -0.2) is 4.98 Å². The molecule has 3 rings (SSSR count). The number of anilines is 1. The van der Waals surface area contributed by atoms with Gasteiger partial charge >= 0.3 is 6.36 Å². The Morgan fingerprint density at radius 2 is 1.92 bits per heavy atom. The summed E-state index contributed by atoms with van der Waals surface area (Å²) in [7, 11) is 0. The Kier molecular flexibility index (Phi) is 4.60. The number of nitrogens with one attached hydrogen (secondary N) is 1. The second-order valence-corrected chi connectivity index (χ2v) is 5.60. The number of rotatable bonds is 3.